The van der Waals surface area contributed by atoms with E-state index in [4.69, 9.17) is 0 Å². The van der Waals surface area contributed by atoms with Gasteiger partial charge in [-0.3, -0.25) is 4.68 Å². The third-order valence-corrected chi connectivity index (χ3v) is 2.89. The van der Waals surface area contributed by atoms with Gasteiger partial charge in [-0.2, -0.15) is 5.10 Å². The number of aryl methyl sites for hydroxylation is 1. The molecule has 0 saturated carbocycles. The molecule has 0 fully saturated rings. The van der Waals surface area contributed by atoms with Crippen LogP contribution in [0.15, 0.2) is 11.3 Å². The number of nitrogens with zero attached hydrogens (tertiary/aromatic N) is 4. The zero-order valence-corrected chi connectivity index (χ0v) is 11.9. The van der Waals surface area contributed by atoms with Crippen LogP contribution >= 0.6 is 0 Å². The third-order valence-electron chi connectivity index (χ3n) is 2.89. The average Bonchev–Trinajstić information content (AvgIpc) is 2.72. The van der Waals surface area contributed by atoms with Gasteiger partial charge in [0.05, 0.1) is 0 Å². The van der Waals surface area contributed by atoms with Crippen molar-refractivity contribution in [2.75, 3.05) is 6.54 Å². The van der Waals surface area contributed by atoms with Crippen LogP contribution in [0, 0.1) is 5.92 Å². The molecule has 1 atom stereocenters. The zero-order valence-electron chi connectivity index (χ0n) is 11.9. The SMILES string of the molecule is CCNC(=NCc1ncnn1C)NC(C)C(C)C. The van der Waals surface area contributed by atoms with E-state index in [1.165, 1.54) is 0 Å². The van der Waals surface area contributed by atoms with Crippen molar-refractivity contribution in [1.29, 1.82) is 0 Å². The summed E-state index contributed by atoms with van der Waals surface area (Å²) in [4.78, 5) is 8.66. The quantitative estimate of drug-likeness (QED) is 0.604. The summed E-state index contributed by atoms with van der Waals surface area (Å²) in [6.45, 7) is 9.94. The molecule has 0 spiro atoms. The van der Waals surface area contributed by atoms with Crippen LogP contribution in [0.2, 0.25) is 0 Å². The highest BCUT2D eigenvalue weighted by Gasteiger charge is 2.09. The van der Waals surface area contributed by atoms with Gasteiger partial charge in [0.1, 0.15) is 18.7 Å². The second-order valence-corrected chi connectivity index (χ2v) is 4.67. The first-order valence-electron chi connectivity index (χ1n) is 6.42. The first-order valence-corrected chi connectivity index (χ1v) is 6.42. The van der Waals surface area contributed by atoms with Crippen molar-refractivity contribution in [2.24, 2.45) is 18.0 Å². The Morgan fingerprint density at radius 1 is 1.44 bits per heavy atom. The summed E-state index contributed by atoms with van der Waals surface area (Å²) in [5.41, 5.74) is 0. The molecule has 0 radical (unpaired) electrons. The molecular formula is C12H24N6. The summed E-state index contributed by atoms with van der Waals surface area (Å²) >= 11 is 0. The molecule has 1 unspecified atom stereocenters. The van der Waals surface area contributed by atoms with Gasteiger partial charge in [0.15, 0.2) is 5.96 Å². The van der Waals surface area contributed by atoms with Crippen molar-refractivity contribution < 1.29 is 0 Å². The maximum atomic E-state index is 4.51. The molecule has 0 aliphatic carbocycles. The topological polar surface area (TPSA) is 67.1 Å². The zero-order chi connectivity index (χ0) is 13.5. The standard InChI is InChI=1S/C12H24N6/c1-6-13-12(17-10(4)9(2)3)14-7-11-15-8-16-18(11)5/h8-10H,6-7H2,1-5H3,(H2,13,14,17). The second kappa shape index (κ2) is 6.98. The fourth-order valence-electron chi connectivity index (χ4n) is 1.32. The molecule has 0 aliphatic heterocycles. The van der Waals surface area contributed by atoms with Crippen molar-refractivity contribution in [3.8, 4) is 0 Å². The highest BCUT2D eigenvalue weighted by molar-refractivity contribution is 5.80. The van der Waals surface area contributed by atoms with Gasteiger partial charge in [-0.25, -0.2) is 9.98 Å². The van der Waals surface area contributed by atoms with Gasteiger partial charge < -0.3 is 10.6 Å². The van der Waals surface area contributed by atoms with Gasteiger partial charge in [0.25, 0.3) is 0 Å². The highest BCUT2D eigenvalue weighted by atomic mass is 15.3. The molecule has 18 heavy (non-hydrogen) atoms. The molecule has 102 valence electrons. The van der Waals surface area contributed by atoms with E-state index in [9.17, 15) is 0 Å². The van der Waals surface area contributed by atoms with Crippen LogP contribution in [-0.4, -0.2) is 33.3 Å². The summed E-state index contributed by atoms with van der Waals surface area (Å²) in [6.07, 6.45) is 1.54. The number of aromatic nitrogens is 3. The summed E-state index contributed by atoms with van der Waals surface area (Å²) in [5, 5.41) is 10.6. The van der Waals surface area contributed by atoms with E-state index in [2.05, 4.69) is 53.4 Å². The van der Waals surface area contributed by atoms with E-state index in [1.54, 1.807) is 11.0 Å². The Morgan fingerprint density at radius 2 is 2.17 bits per heavy atom. The first-order chi connectivity index (χ1) is 8.54. The summed E-state index contributed by atoms with van der Waals surface area (Å²) < 4.78 is 1.74. The van der Waals surface area contributed by atoms with Crippen LogP contribution in [0.5, 0.6) is 0 Å². The molecule has 0 saturated heterocycles. The van der Waals surface area contributed by atoms with Gasteiger partial charge in [-0.1, -0.05) is 13.8 Å². The highest BCUT2D eigenvalue weighted by Crippen LogP contribution is 2.00. The average molecular weight is 252 g/mol. The molecule has 1 heterocycles. The number of nitrogens with one attached hydrogen (secondary N) is 2. The Hall–Kier alpha value is -1.59. The van der Waals surface area contributed by atoms with Crippen molar-refractivity contribution in [3.63, 3.8) is 0 Å². The summed E-state index contributed by atoms with van der Waals surface area (Å²) in [7, 11) is 1.87. The van der Waals surface area contributed by atoms with Crippen LogP contribution in [0.4, 0.5) is 0 Å². The molecule has 2 N–H and O–H groups in total. The van der Waals surface area contributed by atoms with Crippen molar-refractivity contribution in [3.05, 3.63) is 12.2 Å². The fourth-order valence-corrected chi connectivity index (χ4v) is 1.32. The van der Waals surface area contributed by atoms with E-state index in [0.29, 0.717) is 18.5 Å². The van der Waals surface area contributed by atoms with Gasteiger partial charge in [-0.15, -0.1) is 0 Å². The molecule has 6 nitrogen and oxygen atoms in total. The third kappa shape index (κ3) is 4.35. The van der Waals surface area contributed by atoms with Crippen molar-refractivity contribution >= 4 is 5.96 Å². The molecule has 0 amide bonds. The first kappa shape index (κ1) is 14.5. The lowest BCUT2D eigenvalue weighted by molar-refractivity contribution is 0.480. The lowest BCUT2D eigenvalue weighted by atomic mass is 10.1. The lowest BCUT2D eigenvalue weighted by Gasteiger charge is -2.20. The summed E-state index contributed by atoms with van der Waals surface area (Å²) in [6, 6.07) is 0.377. The minimum atomic E-state index is 0.377. The largest absolute Gasteiger partial charge is 0.357 e. The minimum absolute atomic E-state index is 0.377. The number of hydrogen-bond donors (Lipinski definition) is 2. The normalized spacial score (nSPS) is 13.8. The van der Waals surface area contributed by atoms with Gasteiger partial charge >= 0.3 is 0 Å². The lowest BCUT2D eigenvalue weighted by Crippen LogP contribution is -2.44. The second-order valence-electron chi connectivity index (χ2n) is 4.67. The number of guanidine groups is 1. The van der Waals surface area contributed by atoms with E-state index in [1.807, 2.05) is 7.05 Å². The van der Waals surface area contributed by atoms with Crippen LogP contribution in [0.25, 0.3) is 0 Å². The maximum absolute atomic E-state index is 4.51. The Morgan fingerprint density at radius 3 is 2.67 bits per heavy atom. The van der Waals surface area contributed by atoms with E-state index in [0.717, 1.165) is 18.3 Å². The summed E-state index contributed by atoms with van der Waals surface area (Å²) in [5.74, 6) is 2.23. The smallest absolute Gasteiger partial charge is 0.191 e. The monoisotopic (exact) mass is 252 g/mol. The van der Waals surface area contributed by atoms with Crippen LogP contribution in [-0.2, 0) is 13.6 Å². The molecule has 1 aromatic rings. The molecule has 0 aliphatic rings. The van der Waals surface area contributed by atoms with E-state index in [-0.39, 0.29) is 0 Å². The van der Waals surface area contributed by atoms with Crippen LogP contribution in [0.3, 0.4) is 0 Å². The molecule has 1 rings (SSSR count). The molecule has 1 aromatic heterocycles. The molecule has 6 heteroatoms. The Bertz CT molecular complexity index is 382. The Balaban J connectivity index is 2.63. The van der Waals surface area contributed by atoms with Gasteiger partial charge in [0, 0.05) is 19.6 Å². The van der Waals surface area contributed by atoms with E-state index < -0.39 is 0 Å². The molecule has 0 aromatic carbocycles. The predicted octanol–water partition coefficient (Wildman–Crippen LogP) is 0.915. The maximum Gasteiger partial charge on any atom is 0.191 e. The molecule has 0 bridgehead atoms. The van der Waals surface area contributed by atoms with Gasteiger partial charge in [0.2, 0.25) is 0 Å². The number of rotatable bonds is 5. The van der Waals surface area contributed by atoms with Crippen molar-refractivity contribution in [1.82, 2.24) is 25.4 Å². The van der Waals surface area contributed by atoms with Crippen LogP contribution < -0.4 is 10.6 Å². The van der Waals surface area contributed by atoms with E-state index >= 15 is 0 Å². The number of hydrogen-bond acceptors (Lipinski definition) is 3. The van der Waals surface area contributed by atoms with Crippen LogP contribution in [0.1, 0.15) is 33.5 Å². The fraction of sp³-hybridized carbons (Fsp3) is 0.750. The van der Waals surface area contributed by atoms with Crippen molar-refractivity contribution in [2.45, 2.75) is 40.3 Å². The molecular weight excluding hydrogens is 228 g/mol. The Labute approximate surface area is 109 Å². The minimum Gasteiger partial charge on any atom is -0.357 e. The van der Waals surface area contributed by atoms with Gasteiger partial charge in [-0.05, 0) is 19.8 Å². The number of aliphatic imine (C=N–C) groups is 1. The Kier molecular flexibility index (Phi) is 5.61. The predicted molar refractivity (Wildman–Crippen MR) is 73.3 cm³/mol.